The van der Waals surface area contributed by atoms with E-state index in [0.29, 0.717) is 18.7 Å². The molecule has 1 aliphatic heterocycles. The van der Waals surface area contributed by atoms with Crippen LogP contribution in [0.25, 0.3) is 0 Å². The van der Waals surface area contributed by atoms with Crippen LogP contribution in [0.3, 0.4) is 0 Å². The Morgan fingerprint density at radius 3 is 2.71 bits per heavy atom. The molecule has 0 saturated carbocycles. The van der Waals surface area contributed by atoms with Gasteiger partial charge in [-0.2, -0.15) is 0 Å². The molecule has 150 valence electrons. The van der Waals surface area contributed by atoms with Gasteiger partial charge in [-0.1, -0.05) is 17.7 Å². The van der Waals surface area contributed by atoms with E-state index >= 15 is 0 Å². The van der Waals surface area contributed by atoms with Crippen LogP contribution in [0.5, 0.6) is 5.75 Å². The smallest absolute Gasteiger partial charge is 0.313 e. The zero-order chi connectivity index (χ0) is 20.3. The van der Waals surface area contributed by atoms with Gasteiger partial charge in [-0.15, -0.1) is 0 Å². The van der Waals surface area contributed by atoms with E-state index < -0.39 is 11.4 Å². The van der Waals surface area contributed by atoms with Gasteiger partial charge in [-0.3, -0.25) is 9.59 Å². The number of nitrogens with zero attached hydrogens (tertiary/aromatic N) is 1. The minimum atomic E-state index is -1.06. The summed E-state index contributed by atoms with van der Waals surface area (Å²) in [6, 6.07) is 9.22. The molecule has 0 bridgehead atoms. The van der Waals surface area contributed by atoms with Crippen molar-refractivity contribution < 1.29 is 28.6 Å². The highest BCUT2D eigenvalue weighted by atomic mass is 16.5. The normalized spacial score (nSPS) is 19.0. The van der Waals surface area contributed by atoms with Crippen LogP contribution in [0.4, 0.5) is 0 Å². The molecule has 0 radical (unpaired) electrons. The van der Waals surface area contributed by atoms with Crippen LogP contribution in [0.15, 0.2) is 34.7 Å². The third-order valence-electron chi connectivity index (χ3n) is 5.09. The molecule has 1 aromatic carbocycles. The van der Waals surface area contributed by atoms with Gasteiger partial charge in [-0.25, -0.2) is 0 Å². The topological polar surface area (TPSA) is 89.2 Å². The van der Waals surface area contributed by atoms with E-state index in [1.54, 1.807) is 12.1 Å². The van der Waals surface area contributed by atoms with Crippen molar-refractivity contribution in [3.05, 3.63) is 53.0 Å². The Balaban J connectivity index is 1.63. The molecule has 1 amide bonds. The Kier molecular flexibility index (Phi) is 5.74. The maximum Gasteiger partial charge on any atom is 0.313 e. The number of rotatable bonds is 7. The third kappa shape index (κ3) is 4.04. The molecule has 7 nitrogen and oxygen atoms in total. The van der Waals surface area contributed by atoms with Crippen LogP contribution in [-0.2, 0) is 16.1 Å². The highest BCUT2D eigenvalue weighted by Gasteiger charge is 2.46. The van der Waals surface area contributed by atoms with Crippen molar-refractivity contribution in [3.8, 4) is 5.75 Å². The second-order valence-corrected chi connectivity index (χ2v) is 7.32. The second kappa shape index (κ2) is 8.06. The van der Waals surface area contributed by atoms with E-state index in [1.807, 2.05) is 32.0 Å². The minimum Gasteiger partial charge on any atom is -0.485 e. The van der Waals surface area contributed by atoms with Crippen LogP contribution in [0.2, 0.25) is 0 Å². The number of carboxylic acid groups (broad SMARTS) is 1. The van der Waals surface area contributed by atoms with Crippen LogP contribution < -0.4 is 4.74 Å². The number of ether oxygens (including phenoxy) is 2. The number of hydrogen-bond acceptors (Lipinski definition) is 5. The highest BCUT2D eigenvalue weighted by molar-refractivity contribution is 5.92. The molecule has 0 aliphatic carbocycles. The van der Waals surface area contributed by atoms with Gasteiger partial charge in [0.25, 0.3) is 5.91 Å². The molecule has 1 aromatic heterocycles. The number of amides is 1. The molecule has 0 spiro atoms. The summed E-state index contributed by atoms with van der Waals surface area (Å²) in [5, 5.41) is 9.53. The molecule has 1 unspecified atom stereocenters. The Labute approximate surface area is 163 Å². The highest BCUT2D eigenvalue weighted by Crippen LogP contribution is 2.32. The Bertz CT molecular complexity index is 874. The van der Waals surface area contributed by atoms with Gasteiger partial charge in [0.1, 0.15) is 23.5 Å². The number of carbonyl (C=O) groups is 2. The molecule has 1 fully saturated rings. The van der Waals surface area contributed by atoms with Gasteiger partial charge >= 0.3 is 5.97 Å². The Hall–Kier alpha value is -2.80. The van der Waals surface area contributed by atoms with Crippen molar-refractivity contribution in [3.63, 3.8) is 0 Å². The predicted octanol–water partition coefficient (Wildman–Crippen LogP) is 3.04. The summed E-state index contributed by atoms with van der Waals surface area (Å²) >= 11 is 0. The molecule has 28 heavy (non-hydrogen) atoms. The van der Waals surface area contributed by atoms with Crippen molar-refractivity contribution >= 4 is 11.9 Å². The maximum absolute atomic E-state index is 12.7. The lowest BCUT2D eigenvalue weighted by molar-refractivity contribution is -0.151. The molecule has 2 heterocycles. The quantitative estimate of drug-likeness (QED) is 0.785. The summed E-state index contributed by atoms with van der Waals surface area (Å²) in [6.45, 7) is 4.72. The number of aryl methyl sites for hydroxylation is 2. The number of aliphatic carboxylic acids is 1. The average Bonchev–Trinajstić information content (AvgIpc) is 3.29. The molecule has 3 rings (SSSR count). The van der Waals surface area contributed by atoms with Crippen molar-refractivity contribution in [2.75, 3.05) is 26.8 Å². The monoisotopic (exact) mass is 387 g/mol. The van der Waals surface area contributed by atoms with E-state index in [2.05, 4.69) is 0 Å². The molecule has 1 saturated heterocycles. The predicted molar refractivity (Wildman–Crippen MR) is 101 cm³/mol. The molecular weight excluding hydrogens is 362 g/mol. The van der Waals surface area contributed by atoms with Gasteiger partial charge in [0.15, 0.2) is 5.76 Å². The van der Waals surface area contributed by atoms with Gasteiger partial charge in [0, 0.05) is 20.2 Å². The summed E-state index contributed by atoms with van der Waals surface area (Å²) in [5.41, 5.74) is 1.13. The fourth-order valence-corrected chi connectivity index (χ4v) is 3.51. The minimum absolute atomic E-state index is 0.0687. The van der Waals surface area contributed by atoms with Crippen molar-refractivity contribution in [2.45, 2.75) is 26.9 Å². The molecule has 7 heteroatoms. The lowest BCUT2D eigenvalue weighted by atomic mass is 9.88. The number of furan rings is 1. The maximum atomic E-state index is 12.7. The zero-order valence-electron chi connectivity index (χ0n) is 16.4. The summed E-state index contributed by atoms with van der Waals surface area (Å²) in [7, 11) is 1.46. The first-order valence-electron chi connectivity index (χ1n) is 9.15. The Morgan fingerprint density at radius 2 is 2.04 bits per heavy atom. The summed E-state index contributed by atoms with van der Waals surface area (Å²) in [5.74, 6) is 0.200. The first-order valence-corrected chi connectivity index (χ1v) is 9.15. The molecule has 2 aromatic rings. The number of likely N-dealkylation sites (tertiary alicyclic amines) is 1. The van der Waals surface area contributed by atoms with Crippen LogP contribution in [0.1, 0.15) is 33.9 Å². The number of carboxylic acids is 1. The SMILES string of the molecule is COCC1(C(=O)O)CCN(C(=O)c2ccc(COc3ccc(C)cc3C)o2)C1. The number of carbonyl (C=O) groups excluding carboxylic acids is 1. The first-order chi connectivity index (χ1) is 13.3. The lowest BCUT2D eigenvalue weighted by Crippen LogP contribution is -2.40. The third-order valence-corrected chi connectivity index (χ3v) is 5.09. The van der Waals surface area contributed by atoms with E-state index in [9.17, 15) is 14.7 Å². The average molecular weight is 387 g/mol. The fraction of sp³-hybridized carbons (Fsp3) is 0.429. The molecule has 1 N–H and O–H groups in total. The standard InChI is InChI=1S/C21H25NO6/c1-14-4-6-17(15(2)10-14)27-11-16-5-7-18(28-16)19(23)22-9-8-21(12-22,13-26-3)20(24)25/h4-7,10H,8-9,11-13H2,1-3H3,(H,24,25). The van der Waals surface area contributed by atoms with E-state index in [-0.39, 0.29) is 31.4 Å². The van der Waals surface area contributed by atoms with Crippen LogP contribution in [-0.4, -0.2) is 48.7 Å². The molecule has 1 aliphatic rings. The van der Waals surface area contributed by atoms with E-state index in [0.717, 1.165) is 16.9 Å². The van der Waals surface area contributed by atoms with Crippen molar-refractivity contribution in [1.29, 1.82) is 0 Å². The van der Waals surface area contributed by atoms with E-state index in [1.165, 1.54) is 12.0 Å². The lowest BCUT2D eigenvalue weighted by Gasteiger charge is -2.23. The van der Waals surface area contributed by atoms with Gasteiger partial charge in [0.05, 0.1) is 6.61 Å². The van der Waals surface area contributed by atoms with E-state index in [4.69, 9.17) is 13.9 Å². The Morgan fingerprint density at radius 1 is 1.25 bits per heavy atom. The van der Waals surface area contributed by atoms with Gasteiger partial charge in [0.2, 0.25) is 0 Å². The molecular formula is C21H25NO6. The van der Waals surface area contributed by atoms with Crippen LogP contribution >= 0.6 is 0 Å². The molecule has 1 atom stereocenters. The largest absolute Gasteiger partial charge is 0.485 e. The number of benzene rings is 1. The van der Waals surface area contributed by atoms with Gasteiger partial charge < -0.3 is 23.9 Å². The first kappa shape index (κ1) is 19.9. The van der Waals surface area contributed by atoms with Crippen molar-refractivity contribution in [1.82, 2.24) is 4.90 Å². The van der Waals surface area contributed by atoms with Crippen LogP contribution in [0, 0.1) is 19.3 Å². The number of hydrogen-bond donors (Lipinski definition) is 1. The summed E-state index contributed by atoms with van der Waals surface area (Å²) in [6.07, 6.45) is 0.352. The fourth-order valence-electron chi connectivity index (χ4n) is 3.51. The number of methoxy groups -OCH3 is 1. The zero-order valence-corrected chi connectivity index (χ0v) is 16.4. The summed E-state index contributed by atoms with van der Waals surface area (Å²) in [4.78, 5) is 25.8. The summed E-state index contributed by atoms with van der Waals surface area (Å²) < 4.78 is 16.5. The van der Waals surface area contributed by atoms with Crippen molar-refractivity contribution in [2.24, 2.45) is 5.41 Å². The van der Waals surface area contributed by atoms with Gasteiger partial charge in [-0.05, 0) is 44.0 Å². The second-order valence-electron chi connectivity index (χ2n) is 7.32.